The lowest BCUT2D eigenvalue weighted by molar-refractivity contribution is -0.137. The van der Waals surface area contributed by atoms with Crippen LogP contribution in [0.1, 0.15) is 28.8 Å². The van der Waals surface area contributed by atoms with E-state index >= 15 is 0 Å². The van der Waals surface area contributed by atoms with E-state index in [1.165, 1.54) is 0 Å². The second-order valence-corrected chi connectivity index (χ2v) is 10.2. The van der Waals surface area contributed by atoms with Gasteiger partial charge in [0, 0.05) is 56.0 Å². The molecule has 218 valence electrons. The molecule has 0 saturated carbocycles. The maximum absolute atomic E-state index is 13.7. The van der Waals surface area contributed by atoms with Crippen LogP contribution < -0.4 is 29.3 Å². The number of fused-ring (bicyclic) bond motifs is 2. The van der Waals surface area contributed by atoms with Gasteiger partial charge in [-0.25, -0.2) is 0 Å². The normalized spacial score (nSPS) is 14.1. The number of carboxylic acids is 1. The number of piperazine rings is 1. The molecule has 0 bridgehead atoms. The van der Waals surface area contributed by atoms with Crippen LogP contribution in [0, 0.1) is 0 Å². The molecule has 42 heavy (non-hydrogen) atoms. The SMILES string of the molecule is COc1ccc(N2CCN(c3cc(NCCCC(=O)O)c4c5c(onc35)-c3ccccc3C4=O)CC2)c(OC)c1OC. The largest absolute Gasteiger partial charge is 0.493 e. The van der Waals surface area contributed by atoms with Gasteiger partial charge in [-0.3, -0.25) is 9.59 Å². The van der Waals surface area contributed by atoms with Crippen LogP contribution in [0.5, 0.6) is 17.2 Å². The number of anilines is 3. The van der Waals surface area contributed by atoms with Crippen molar-refractivity contribution in [1.29, 1.82) is 0 Å². The maximum atomic E-state index is 13.7. The molecule has 0 spiro atoms. The number of methoxy groups -OCH3 is 3. The first kappa shape index (κ1) is 27.3. The number of carbonyl (C=O) groups excluding carboxylic acids is 1. The highest BCUT2D eigenvalue weighted by molar-refractivity contribution is 6.28. The average molecular weight is 573 g/mol. The molecule has 1 aliphatic heterocycles. The Morgan fingerprint density at radius 3 is 2.31 bits per heavy atom. The lowest BCUT2D eigenvalue weighted by Gasteiger charge is -2.38. The number of hydrogen-bond donors (Lipinski definition) is 2. The van der Waals surface area contributed by atoms with E-state index in [-0.39, 0.29) is 12.2 Å². The van der Waals surface area contributed by atoms with Crippen molar-refractivity contribution in [2.24, 2.45) is 0 Å². The van der Waals surface area contributed by atoms with Crippen molar-refractivity contribution >= 4 is 39.7 Å². The maximum Gasteiger partial charge on any atom is 0.303 e. The van der Waals surface area contributed by atoms with Gasteiger partial charge in [0.15, 0.2) is 23.0 Å². The van der Waals surface area contributed by atoms with Gasteiger partial charge in [-0.2, -0.15) is 0 Å². The van der Waals surface area contributed by atoms with Crippen LogP contribution >= 0.6 is 0 Å². The van der Waals surface area contributed by atoms with E-state index in [1.807, 2.05) is 36.4 Å². The molecule has 11 nitrogen and oxygen atoms in total. The quantitative estimate of drug-likeness (QED) is 0.227. The summed E-state index contributed by atoms with van der Waals surface area (Å²) in [7, 11) is 4.80. The third kappa shape index (κ3) is 4.50. The summed E-state index contributed by atoms with van der Waals surface area (Å²) in [6, 6.07) is 13.2. The molecule has 2 N–H and O–H groups in total. The van der Waals surface area contributed by atoms with Crippen LogP contribution in [0.2, 0.25) is 0 Å². The van der Waals surface area contributed by atoms with Gasteiger partial charge in [-0.15, -0.1) is 0 Å². The van der Waals surface area contributed by atoms with E-state index in [1.54, 1.807) is 27.4 Å². The summed E-state index contributed by atoms with van der Waals surface area (Å²) < 4.78 is 22.6. The van der Waals surface area contributed by atoms with Gasteiger partial charge in [-0.1, -0.05) is 29.4 Å². The van der Waals surface area contributed by atoms with E-state index in [0.717, 1.165) is 16.9 Å². The first-order valence-electron chi connectivity index (χ1n) is 13.8. The van der Waals surface area contributed by atoms with E-state index in [0.29, 0.717) is 89.9 Å². The minimum atomic E-state index is -0.857. The van der Waals surface area contributed by atoms with Gasteiger partial charge in [0.05, 0.1) is 43.7 Å². The zero-order valence-electron chi connectivity index (χ0n) is 23.7. The van der Waals surface area contributed by atoms with Crippen molar-refractivity contribution in [3.05, 3.63) is 53.6 Å². The summed E-state index contributed by atoms with van der Waals surface area (Å²) in [6.45, 7) is 3.16. The topological polar surface area (TPSA) is 127 Å². The number of aromatic nitrogens is 1. The highest BCUT2D eigenvalue weighted by Gasteiger charge is 2.34. The Morgan fingerprint density at radius 2 is 1.64 bits per heavy atom. The molecule has 1 aliphatic carbocycles. The number of nitrogens with one attached hydrogen (secondary N) is 1. The fourth-order valence-corrected chi connectivity index (χ4v) is 5.91. The second-order valence-electron chi connectivity index (χ2n) is 10.2. The van der Waals surface area contributed by atoms with Gasteiger partial charge in [0.25, 0.3) is 0 Å². The summed E-state index contributed by atoms with van der Waals surface area (Å²) in [5.74, 6) is 1.37. The van der Waals surface area contributed by atoms with Crippen LogP contribution in [0.4, 0.5) is 17.1 Å². The van der Waals surface area contributed by atoms with Crippen molar-refractivity contribution in [2.75, 3.05) is 69.2 Å². The Kier molecular flexibility index (Phi) is 7.24. The van der Waals surface area contributed by atoms with Crippen LogP contribution in [-0.4, -0.2) is 76.1 Å². The summed E-state index contributed by atoms with van der Waals surface area (Å²) in [6.07, 6.45) is 0.462. The van der Waals surface area contributed by atoms with E-state index in [2.05, 4.69) is 20.3 Å². The first-order chi connectivity index (χ1) is 20.5. The molecule has 0 unspecified atom stereocenters. The molecule has 0 radical (unpaired) electrons. The number of hydrogen-bond acceptors (Lipinski definition) is 10. The van der Waals surface area contributed by atoms with Crippen molar-refractivity contribution in [3.8, 4) is 28.6 Å². The van der Waals surface area contributed by atoms with Gasteiger partial charge in [0.1, 0.15) is 5.52 Å². The lowest BCUT2D eigenvalue weighted by atomic mass is 9.86. The molecule has 0 amide bonds. The first-order valence-corrected chi connectivity index (χ1v) is 13.8. The Balaban J connectivity index is 1.35. The molecule has 3 aromatic carbocycles. The number of ether oxygens (including phenoxy) is 3. The molecular weight excluding hydrogens is 540 g/mol. The van der Waals surface area contributed by atoms with Crippen LogP contribution in [-0.2, 0) is 4.79 Å². The Morgan fingerprint density at radius 1 is 0.952 bits per heavy atom. The minimum absolute atomic E-state index is 0.0360. The van der Waals surface area contributed by atoms with Crippen LogP contribution in [0.3, 0.4) is 0 Å². The van der Waals surface area contributed by atoms with Crippen LogP contribution in [0.15, 0.2) is 47.0 Å². The third-order valence-corrected chi connectivity index (χ3v) is 7.91. The summed E-state index contributed by atoms with van der Waals surface area (Å²) >= 11 is 0. The molecule has 0 atom stereocenters. The summed E-state index contributed by atoms with van der Waals surface area (Å²) in [5.41, 5.74) is 4.84. The standard InChI is InChI=1S/C31H32N4O7/c1-39-23-11-10-21(30(40-2)31(23)41-3)34-13-15-35(16-14-34)22-17-20(32-12-6-9-24(36)37)25-26-27(22)33-42-29(26)19-8-5-4-7-18(19)28(25)38/h4-5,7-8,10-11,17,32H,6,9,12-16H2,1-3H3,(H,36,37). The van der Waals surface area contributed by atoms with E-state index in [4.69, 9.17) is 23.8 Å². The summed E-state index contributed by atoms with van der Waals surface area (Å²) in [5, 5.41) is 17.6. The average Bonchev–Trinajstić information content (AvgIpc) is 3.46. The fourth-order valence-electron chi connectivity index (χ4n) is 5.91. The van der Waals surface area contributed by atoms with E-state index < -0.39 is 5.97 Å². The Hall–Kier alpha value is -4.93. The Bertz CT molecular complexity index is 1670. The number of ketones is 1. The highest BCUT2D eigenvalue weighted by atomic mass is 16.5. The van der Waals surface area contributed by atoms with Crippen molar-refractivity contribution in [3.63, 3.8) is 0 Å². The van der Waals surface area contributed by atoms with Crippen LogP contribution in [0.25, 0.3) is 22.2 Å². The second kappa shape index (κ2) is 11.2. The van der Waals surface area contributed by atoms with E-state index in [9.17, 15) is 9.59 Å². The van der Waals surface area contributed by atoms with Crippen molar-refractivity contribution in [2.45, 2.75) is 12.8 Å². The lowest BCUT2D eigenvalue weighted by Crippen LogP contribution is -2.46. The van der Waals surface area contributed by atoms with Crippen molar-refractivity contribution in [1.82, 2.24) is 5.16 Å². The number of benzene rings is 3. The molecule has 6 rings (SSSR count). The number of carboxylic acid groups (broad SMARTS) is 1. The fraction of sp³-hybridized carbons (Fsp3) is 0.323. The molecular formula is C31H32N4O7. The molecule has 1 fully saturated rings. The predicted octanol–water partition coefficient (Wildman–Crippen LogP) is 4.67. The Labute approximate surface area is 242 Å². The summed E-state index contributed by atoms with van der Waals surface area (Å²) in [4.78, 5) is 29.3. The number of rotatable bonds is 10. The zero-order chi connectivity index (χ0) is 29.4. The smallest absolute Gasteiger partial charge is 0.303 e. The molecule has 4 aromatic rings. The van der Waals surface area contributed by atoms with Gasteiger partial charge in [0.2, 0.25) is 5.75 Å². The van der Waals surface area contributed by atoms with Crippen molar-refractivity contribution < 1.29 is 33.4 Å². The van der Waals surface area contributed by atoms with Gasteiger partial charge in [-0.05, 0) is 24.6 Å². The monoisotopic (exact) mass is 572 g/mol. The molecule has 1 saturated heterocycles. The predicted molar refractivity (Wildman–Crippen MR) is 159 cm³/mol. The third-order valence-electron chi connectivity index (χ3n) is 7.91. The molecule has 2 aliphatic rings. The number of nitrogens with zero attached hydrogens (tertiary/aromatic N) is 3. The number of carbonyl (C=O) groups is 2. The number of aliphatic carboxylic acids is 1. The zero-order valence-corrected chi connectivity index (χ0v) is 23.7. The van der Waals surface area contributed by atoms with Gasteiger partial charge >= 0.3 is 5.97 Å². The molecule has 1 aromatic heterocycles. The minimum Gasteiger partial charge on any atom is -0.493 e. The highest BCUT2D eigenvalue weighted by Crippen LogP contribution is 2.47. The molecule has 11 heteroatoms. The van der Waals surface area contributed by atoms with Gasteiger partial charge < -0.3 is 39.0 Å². The molecule has 2 heterocycles.